The van der Waals surface area contributed by atoms with Crippen molar-refractivity contribution < 1.29 is 22.7 Å². The number of anilines is 2. The van der Waals surface area contributed by atoms with Gasteiger partial charge in [-0.1, -0.05) is 55.9 Å². The van der Waals surface area contributed by atoms with Crippen LogP contribution >= 0.6 is 24.0 Å². The minimum atomic E-state index is -4.76. The lowest BCUT2D eigenvalue weighted by Crippen LogP contribution is -2.40. The summed E-state index contributed by atoms with van der Waals surface area (Å²) >= 11 is 6.97. The van der Waals surface area contributed by atoms with Gasteiger partial charge in [-0.15, -0.1) is 18.3 Å². The second-order valence-corrected chi connectivity index (χ2v) is 12.9. The molecule has 5 rings (SSSR count). The summed E-state index contributed by atoms with van der Waals surface area (Å²) in [6, 6.07) is 19.1. The molecule has 1 unspecified atom stereocenters. The second kappa shape index (κ2) is 14.3. The molecule has 0 bridgehead atoms. The molecule has 1 amide bonds. The molecule has 3 aromatic carbocycles. The number of amidine groups is 1. The molecule has 1 saturated heterocycles. The Balaban J connectivity index is 1.25. The molecular weight excluding hydrogens is 662 g/mol. The van der Waals surface area contributed by atoms with Crippen LogP contribution in [0.1, 0.15) is 43.9 Å². The van der Waals surface area contributed by atoms with Crippen LogP contribution in [-0.2, 0) is 4.79 Å². The van der Waals surface area contributed by atoms with Crippen LogP contribution in [-0.4, -0.2) is 69.2 Å². The first kappa shape index (κ1) is 34.9. The fourth-order valence-corrected chi connectivity index (χ4v) is 6.14. The number of thiocarbonyl (C=S) groups is 1. The van der Waals surface area contributed by atoms with Crippen molar-refractivity contribution in [1.82, 2.24) is 25.2 Å². The molecule has 1 fully saturated rings. The highest BCUT2D eigenvalue weighted by Crippen LogP contribution is 2.36. The van der Waals surface area contributed by atoms with Crippen molar-refractivity contribution in [2.75, 3.05) is 36.7 Å². The van der Waals surface area contributed by atoms with Gasteiger partial charge in [0.15, 0.2) is 11.0 Å². The number of hydrogen-bond donors (Lipinski definition) is 1. The molecule has 10 nitrogen and oxygen atoms in total. The number of carbonyl (C=O) groups excluding carboxylic acids is 1. The number of aromatic nitrogens is 3. The largest absolute Gasteiger partial charge is 0.573 e. The van der Waals surface area contributed by atoms with E-state index in [1.807, 2.05) is 74.4 Å². The number of hydrogen-bond acceptors (Lipinski definition) is 8. The molecular formula is C33H35F3N8O2S2. The topological polar surface area (TPSA) is 91.1 Å². The molecule has 1 aromatic heterocycles. The van der Waals surface area contributed by atoms with Gasteiger partial charge in [0.2, 0.25) is 11.0 Å². The summed E-state index contributed by atoms with van der Waals surface area (Å²) in [5, 5.41) is 7.07. The van der Waals surface area contributed by atoms with Crippen LogP contribution in [0.3, 0.4) is 0 Å². The molecule has 2 heterocycles. The van der Waals surface area contributed by atoms with Gasteiger partial charge in [-0.3, -0.25) is 15.1 Å². The number of hydrazine groups is 1. The van der Waals surface area contributed by atoms with Crippen LogP contribution in [0.5, 0.6) is 5.75 Å². The zero-order valence-electron chi connectivity index (χ0n) is 27.2. The van der Waals surface area contributed by atoms with Gasteiger partial charge >= 0.3 is 6.36 Å². The highest BCUT2D eigenvalue weighted by molar-refractivity contribution is 8.15. The Labute approximate surface area is 286 Å². The van der Waals surface area contributed by atoms with Gasteiger partial charge < -0.3 is 9.64 Å². The van der Waals surface area contributed by atoms with E-state index < -0.39 is 6.36 Å². The maximum atomic E-state index is 13.1. The number of nitrogens with zero attached hydrogens (tertiary/aromatic N) is 7. The highest BCUT2D eigenvalue weighted by atomic mass is 32.2. The summed E-state index contributed by atoms with van der Waals surface area (Å²) in [6.45, 7) is 6.21. The predicted molar refractivity (Wildman–Crippen MR) is 188 cm³/mol. The van der Waals surface area contributed by atoms with Gasteiger partial charge in [-0.25, -0.2) is 14.7 Å². The fourth-order valence-electron chi connectivity index (χ4n) is 4.99. The fraction of sp³-hybridized carbons (Fsp3) is 0.303. The first-order chi connectivity index (χ1) is 22.7. The summed E-state index contributed by atoms with van der Waals surface area (Å²) in [5.74, 6) is 0.574. The number of nitrogens with one attached hydrogen (secondary N) is 1. The van der Waals surface area contributed by atoms with Crippen LogP contribution in [0.4, 0.5) is 24.5 Å². The molecule has 0 aliphatic carbocycles. The van der Waals surface area contributed by atoms with Crippen LogP contribution in [0.2, 0.25) is 0 Å². The van der Waals surface area contributed by atoms with Crippen molar-refractivity contribution in [3.63, 3.8) is 0 Å². The summed E-state index contributed by atoms with van der Waals surface area (Å²) in [4.78, 5) is 25.8. The van der Waals surface area contributed by atoms with E-state index in [9.17, 15) is 18.0 Å². The van der Waals surface area contributed by atoms with Crippen LogP contribution in [0.15, 0.2) is 78.0 Å². The maximum absolute atomic E-state index is 13.1. The summed E-state index contributed by atoms with van der Waals surface area (Å²) in [5.41, 5.74) is 8.28. The van der Waals surface area contributed by atoms with Gasteiger partial charge in [0, 0.05) is 32.4 Å². The lowest BCUT2D eigenvalue weighted by atomic mass is 9.99. The first-order valence-electron chi connectivity index (χ1n) is 15.0. The molecule has 48 heavy (non-hydrogen) atoms. The summed E-state index contributed by atoms with van der Waals surface area (Å²) in [6.07, 6.45) is -3.27. The number of alkyl halides is 3. The Morgan fingerprint density at radius 2 is 1.73 bits per heavy atom. The van der Waals surface area contributed by atoms with E-state index in [0.29, 0.717) is 16.7 Å². The standard InChI is InChI=1S/C33H35F3N8O2S2/c1-20(2)27-16-13-25(41(4)5)17-28(27)44-29(45)18-48-32(44)38-31(47)40-42(6)21(3)22-7-9-23(10-8-22)30-37-19-43(39-30)24-11-14-26(15-12-24)46-33(34,35)36/h7-17,19-21H,18H2,1-6H3,(H,40,47)/b38-32-. The molecule has 1 aliphatic rings. The zero-order valence-corrected chi connectivity index (χ0v) is 28.8. The number of halogens is 3. The number of thioether (sulfide) groups is 1. The maximum Gasteiger partial charge on any atom is 0.573 e. The quantitative estimate of drug-likeness (QED) is 0.148. The van der Waals surface area contributed by atoms with Gasteiger partial charge in [0.1, 0.15) is 12.1 Å². The monoisotopic (exact) mass is 696 g/mol. The first-order valence-corrected chi connectivity index (χ1v) is 16.4. The van der Waals surface area contributed by atoms with E-state index in [1.165, 1.54) is 47.0 Å². The van der Waals surface area contributed by atoms with Crippen molar-refractivity contribution in [2.24, 2.45) is 4.99 Å². The van der Waals surface area contributed by atoms with Crippen molar-refractivity contribution in [3.05, 3.63) is 84.2 Å². The summed E-state index contributed by atoms with van der Waals surface area (Å²) in [7, 11) is 5.79. The van der Waals surface area contributed by atoms with Crippen molar-refractivity contribution in [3.8, 4) is 22.8 Å². The number of rotatable bonds is 9. The smallest absolute Gasteiger partial charge is 0.406 e. The third-order valence-corrected chi connectivity index (χ3v) is 8.79. The van der Waals surface area contributed by atoms with Gasteiger partial charge in [-0.05, 0) is 72.6 Å². The molecule has 252 valence electrons. The molecule has 1 N–H and O–H groups in total. The Morgan fingerprint density at radius 1 is 1.04 bits per heavy atom. The van der Waals surface area contributed by atoms with Crippen molar-refractivity contribution >= 4 is 51.5 Å². The molecule has 0 spiro atoms. The summed E-state index contributed by atoms with van der Waals surface area (Å²) < 4.78 is 42.8. The molecule has 1 atom stereocenters. The molecule has 15 heteroatoms. The SMILES string of the molecule is CC(C)c1ccc(N(C)C)cc1N1C(=O)CS/C1=N\C(=S)NN(C)C(C)c1ccc(-c2ncn(-c3ccc(OC(F)(F)F)cc3)n2)cc1. The van der Waals surface area contributed by atoms with Gasteiger partial charge in [0.25, 0.3) is 0 Å². The van der Waals surface area contributed by atoms with Crippen LogP contribution in [0.25, 0.3) is 17.1 Å². The van der Waals surface area contributed by atoms with E-state index >= 15 is 0 Å². The minimum Gasteiger partial charge on any atom is -0.406 e. The van der Waals surface area contributed by atoms with E-state index in [1.54, 1.807) is 4.90 Å². The number of amides is 1. The lowest BCUT2D eigenvalue weighted by Gasteiger charge is -2.27. The van der Waals surface area contributed by atoms with Gasteiger partial charge in [-0.2, -0.15) is 4.99 Å². The molecule has 0 radical (unpaired) electrons. The third kappa shape index (κ3) is 8.14. The number of aliphatic imine (C=N–C) groups is 1. The highest BCUT2D eigenvalue weighted by Gasteiger charge is 2.33. The van der Waals surface area contributed by atoms with E-state index in [-0.39, 0.29) is 34.5 Å². The van der Waals surface area contributed by atoms with E-state index in [2.05, 4.69) is 45.2 Å². The van der Waals surface area contributed by atoms with Crippen molar-refractivity contribution in [1.29, 1.82) is 0 Å². The number of benzene rings is 3. The molecule has 1 aliphatic heterocycles. The average Bonchev–Trinajstić information content (AvgIpc) is 3.67. The molecule has 0 saturated carbocycles. The molecule has 4 aromatic rings. The van der Waals surface area contributed by atoms with E-state index in [0.717, 1.165) is 28.1 Å². The zero-order chi connectivity index (χ0) is 34.7. The van der Waals surface area contributed by atoms with Crippen molar-refractivity contribution in [2.45, 2.75) is 39.1 Å². The lowest BCUT2D eigenvalue weighted by molar-refractivity contribution is -0.274. The van der Waals surface area contributed by atoms with E-state index in [4.69, 9.17) is 12.2 Å². The second-order valence-electron chi connectivity index (χ2n) is 11.6. The van der Waals surface area contributed by atoms with Gasteiger partial charge in [0.05, 0.1) is 23.2 Å². The van der Waals surface area contributed by atoms with Crippen LogP contribution < -0.4 is 20.0 Å². The Bertz CT molecular complexity index is 1810. The minimum absolute atomic E-state index is 0.0473. The average molecular weight is 697 g/mol. The Kier molecular flexibility index (Phi) is 10.4. The Morgan fingerprint density at radius 3 is 2.35 bits per heavy atom. The number of ether oxygens (including phenoxy) is 1. The number of carbonyl (C=O) groups is 1. The third-order valence-electron chi connectivity index (χ3n) is 7.69. The van der Waals surface area contributed by atoms with Crippen LogP contribution in [0, 0.1) is 0 Å². The Hall–Kier alpha value is -4.47. The normalized spacial score (nSPS) is 15.0. The predicted octanol–water partition coefficient (Wildman–Crippen LogP) is 6.94.